The maximum atomic E-state index is 12.6. The highest BCUT2D eigenvalue weighted by Crippen LogP contribution is 2.22. The van der Waals surface area contributed by atoms with Crippen LogP contribution in [0.25, 0.3) is 0 Å². The Morgan fingerprint density at radius 1 is 1.19 bits per heavy atom. The first-order chi connectivity index (χ1) is 9.73. The zero-order valence-electron chi connectivity index (χ0n) is 14.5. The third-order valence-electron chi connectivity index (χ3n) is 4.27. The summed E-state index contributed by atoms with van der Waals surface area (Å²) in [6.45, 7) is 12.9. The lowest BCUT2D eigenvalue weighted by molar-refractivity contribution is -0.129. The van der Waals surface area contributed by atoms with Crippen molar-refractivity contribution in [3.8, 4) is 0 Å². The fraction of sp³-hybridized carbons (Fsp3) is 0.941. The monoisotopic (exact) mass is 298 g/mol. The molecule has 0 aromatic rings. The fourth-order valence-electron chi connectivity index (χ4n) is 3.39. The van der Waals surface area contributed by atoms with Gasteiger partial charge >= 0.3 is 0 Å². The standard InChI is InChI=1S/C17H34N2O2/c1-13(2)15(19-9-7-6-8-10-19)16(21)18-12-17(4,5)11-14(3)20/h13-15,20H,6-12H2,1-5H3,(H,18,21)/t14-,15+/m0/s1. The number of aliphatic hydroxyl groups is 1. The average molecular weight is 298 g/mol. The van der Waals surface area contributed by atoms with E-state index in [9.17, 15) is 9.90 Å². The molecule has 0 spiro atoms. The summed E-state index contributed by atoms with van der Waals surface area (Å²) in [4.78, 5) is 14.9. The van der Waals surface area contributed by atoms with Gasteiger partial charge in [0.05, 0.1) is 12.1 Å². The Labute approximate surface area is 130 Å². The molecule has 1 rings (SSSR count). The van der Waals surface area contributed by atoms with Crippen LogP contribution in [0, 0.1) is 11.3 Å². The molecule has 0 aromatic carbocycles. The van der Waals surface area contributed by atoms with Crippen LogP contribution in [0.5, 0.6) is 0 Å². The van der Waals surface area contributed by atoms with Crippen molar-refractivity contribution in [3.05, 3.63) is 0 Å². The Morgan fingerprint density at radius 2 is 1.76 bits per heavy atom. The van der Waals surface area contributed by atoms with Gasteiger partial charge in [0.15, 0.2) is 0 Å². The van der Waals surface area contributed by atoms with Gasteiger partial charge in [-0.2, -0.15) is 0 Å². The third kappa shape index (κ3) is 6.35. The van der Waals surface area contributed by atoms with Gasteiger partial charge in [0.25, 0.3) is 0 Å². The van der Waals surface area contributed by atoms with Gasteiger partial charge in [-0.05, 0) is 50.6 Å². The number of nitrogens with one attached hydrogen (secondary N) is 1. The number of carbonyl (C=O) groups is 1. The van der Waals surface area contributed by atoms with E-state index in [1.165, 1.54) is 19.3 Å². The van der Waals surface area contributed by atoms with Crippen molar-refractivity contribution in [2.75, 3.05) is 19.6 Å². The maximum Gasteiger partial charge on any atom is 0.237 e. The highest BCUT2D eigenvalue weighted by Gasteiger charge is 2.31. The molecule has 1 aliphatic heterocycles. The molecule has 124 valence electrons. The third-order valence-corrected chi connectivity index (χ3v) is 4.27. The number of piperidine rings is 1. The highest BCUT2D eigenvalue weighted by atomic mass is 16.3. The fourth-order valence-corrected chi connectivity index (χ4v) is 3.39. The van der Waals surface area contributed by atoms with Crippen molar-refractivity contribution in [2.24, 2.45) is 11.3 Å². The van der Waals surface area contributed by atoms with Gasteiger partial charge in [-0.25, -0.2) is 0 Å². The first-order valence-corrected chi connectivity index (χ1v) is 8.43. The lowest BCUT2D eigenvalue weighted by Gasteiger charge is -2.36. The Kier molecular flexibility index (Phi) is 7.14. The minimum Gasteiger partial charge on any atom is -0.393 e. The van der Waals surface area contributed by atoms with Crippen molar-refractivity contribution in [2.45, 2.75) is 72.4 Å². The van der Waals surface area contributed by atoms with Crippen molar-refractivity contribution in [3.63, 3.8) is 0 Å². The van der Waals surface area contributed by atoms with Gasteiger partial charge in [0, 0.05) is 6.54 Å². The predicted octanol–water partition coefficient (Wildman–Crippen LogP) is 2.41. The SMILES string of the molecule is CC(C)[C@H](C(=O)NCC(C)(C)C[C@H](C)O)N1CCCCC1. The Morgan fingerprint density at radius 3 is 2.24 bits per heavy atom. The number of likely N-dealkylation sites (tertiary alicyclic amines) is 1. The van der Waals surface area contributed by atoms with E-state index in [1.807, 2.05) is 0 Å². The van der Waals surface area contributed by atoms with Crippen LogP contribution in [-0.4, -0.2) is 47.7 Å². The number of nitrogens with zero attached hydrogens (tertiary/aromatic N) is 1. The minimum atomic E-state index is -0.333. The van der Waals surface area contributed by atoms with Gasteiger partial charge in [-0.3, -0.25) is 9.69 Å². The summed E-state index contributed by atoms with van der Waals surface area (Å²) >= 11 is 0. The second-order valence-electron chi connectivity index (χ2n) is 7.72. The van der Waals surface area contributed by atoms with Gasteiger partial charge in [0.2, 0.25) is 5.91 Å². The molecule has 0 radical (unpaired) electrons. The first-order valence-electron chi connectivity index (χ1n) is 8.43. The second kappa shape index (κ2) is 8.14. The molecule has 4 heteroatoms. The molecule has 2 atom stereocenters. The van der Waals surface area contributed by atoms with E-state index in [-0.39, 0.29) is 23.5 Å². The van der Waals surface area contributed by atoms with E-state index in [0.29, 0.717) is 18.9 Å². The molecule has 0 unspecified atom stereocenters. The minimum absolute atomic E-state index is 0.0207. The van der Waals surface area contributed by atoms with Gasteiger partial charge in [0.1, 0.15) is 0 Å². The van der Waals surface area contributed by atoms with E-state index < -0.39 is 0 Å². The molecule has 2 N–H and O–H groups in total. The molecule has 21 heavy (non-hydrogen) atoms. The van der Waals surface area contributed by atoms with Crippen LogP contribution < -0.4 is 5.32 Å². The Bertz CT molecular complexity index is 321. The van der Waals surface area contributed by atoms with Crippen LogP contribution in [0.15, 0.2) is 0 Å². The lowest BCUT2D eigenvalue weighted by Crippen LogP contribution is -2.52. The van der Waals surface area contributed by atoms with E-state index in [0.717, 1.165) is 13.1 Å². The maximum absolute atomic E-state index is 12.6. The molecule has 1 fully saturated rings. The lowest BCUT2D eigenvalue weighted by atomic mass is 9.86. The van der Waals surface area contributed by atoms with Crippen LogP contribution in [-0.2, 0) is 4.79 Å². The van der Waals surface area contributed by atoms with E-state index in [1.54, 1.807) is 6.92 Å². The topological polar surface area (TPSA) is 52.6 Å². The number of amides is 1. The summed E-state index contributed by atoms with van der Waals surface area (Å²) in [5.74, 6) is 0.466. The van der Waals surface area contributed by atoms with Gasteiger partial charge < -0.3 is 10.4 Å². The van der Waals surface area contributed by atoms with Crippen LogP contribution in [0.2, 0.25) is 0 Å². The second-order valence-corrected chi connectivity index (χ2v) is 7.72. The zero-order valence-corrected chi connectivity index (χ0v) is 14.5. The molecule has 0 saturated carbocycles. The average Bonchev–Trinajstić information content (AvgIpc) is 2.36. The van der Waals surface area contributed by atoms with Crippen LogP contribution in [0.3, 0.4) is 0 Å². The summed E-state index contributed by atoms with van der Waals surface area (Å²) in [7, 11) is 0. The largest absolute Gasteiger partial charge is 0.393 e. The quantitative estimate of drug-likeness (QED) is 0.759. The van der Waals surface area contributed by atoms with Crippen LogP contribution >= 0.6 is 0 Å². The molecule has 1 aliphatic rings. The molecular formula is C17H34N2O2. The Hall–Kier alpha value is -0.610. The smallest absolute Gasteiger partial charge is 0.237 e. The molecule has 4 nitrogen and oxygen atoms in total. The van der Waals surface area contributed by atoms with E-state index in [4.69, 9.17) is 0 Å². The number of hydrogen-bond acceptors (Lipinski definition) is 3. The molecule has 1 amide bonds. The number of rotatable bonds is 7. The number of aliphatic hydroxyl groups excluding tert-OH is 1. The molecular weight excluding hydrogens is 264 g/mol. The van der Waals surface area contributed by atoms with Crippen molar-refractivity contribution < 1.29 is 9.90 Å². The highest BCUT2D eigenvalue weighted by molar-refractivity contribution is 5.82. The summed E-state index contributed by atoms with van der Waals surface area (Å²) < 4.78 is 0. The predicted molar refractivity (Wildman–Crippen MR) is 87.1 cm³/mol. The summed E-state index contributed by atoms with van der Waals surface area (Å²) in [6.07, 6.45) is 4.04. The summed E-state index contributed by atoms with van der Waals surface area (Å²) in [6, 6.07) is -0.0207. The first kappa shape index (κ1) is 18.4. The van der Waals surface area contributed by atoms with Gasteiger partial charge in [-0.1, -0.05) is 34.1 Å². The van der Waals surface area contributed by atoms with Crippen molar-refractivity contribution >= 4 is 5.91 Å². The molecule has 1 heterocycles. The Balaban J connectivity index is 2.57. The van der Waals surface area contributed by atoms with Crippen LogP contribution in [0.1, 0.15) is 60.3 Å². The molecule has 0 aromatic heterocycles. The molecule has 1 saturated heterocycles. The van der Waals surface area contributed by atoms with Gasteiger partial charge in [-0.15, -0.1) is 0 Å². The van der Waals surface area contributed by atoms with Crippen molar-refractivity contribution in [1.29, 1.82) is 0 Å². The summed E-state index contributed by atoms with van der Waals surface area (Å²) in [5.41, 5.74) is -0.0761. The number of hydrogen-bond donors (Lipinski definition) is 2. The van der Waals surface area contributed by atoms with E-state index >= 15 is 0 Å². The zero-order chi connectivity index (χ0) is 16.0. The van der Waals surface area contributed by atoms with E-state index in [2.05, 4.69) is 37.9 Å². The molecule has 0 aliphatic carbocycles. The van der Waals surface area contributed by atoms with Crippen molar-refractivity contribution in [1.82, 2.24) is 10.2 Å². The number of carbonyl (C=O) groups excluding carboxylic acids is 1. The normalized spacial score (nSPS) is 20.3. The van der Waals surface area contributed by atoms with Crippen LogP contribution in [0.4, 0.5) is 0 Å². The summed E-state index contributed by atoms with van der Waals surface area (Å²) in [5, 5.41) is 12.6. The molecule has 0 bridgehead atoms.